The zero-order valence-corrected chi connectivity index (χ0v) is 9.77. The van der Waals surface area contributed by atoms with Crippen molar-refractivity contribution in [2.24, 2.45) is 0 Å². The fourth-order valence-electron chi connectivity index (χ4n) is 2.61. The third-order valence-electron chi connectivity index (χ3n) is 3.45. The van der Waals surface area contributed by atoms with Gasteiger partial charge in [0.05, 0.1) is 5.52 Å². The third-order valence-corrected chi connectivity index (χ3v) is 3.45. The zero-order valence-electron chi connectivity index (χ0n) is 9.77. The van der Waals surface area contributed by atoms with Crippen LogP contribution in [0.15, 0.2) is 60.9 Å². The molecular weight excluding hydrogens is 220 g/mol. The van der Waals surface area contributed by atoms with Crippen LogP contribution in [0.1, 0.15) is 0 Å². The van der Waals surface area contributed by atoms with Crippen molar-refractivity contribution in [1.29, 1.82) is 0 Å². The van der Waals surface area contributed by atoms with Crippen LogP contribution < -0.4 is 0 Å². The minimum atomic E-state index is 1.19. The van der Waals surface area contributed by atoms with Crippen molar-refractivity contribution in [3.8, 4) is 11.1 Å². The highest BCUT2D eigenvalue weighted by atomic mass is 14.7. The van der Waals surface area contributed by atoms with Gasteiger partial charge in [0, 0.05) is 39.8 Å². The first kappa shape index (κ1) is 9.54. The monoisotopic (exact) mass is 232 g/mol. The summed E-state index contributed by atoms with van der Waals surface area (Å²) in [5.41, 5.74) is 4.85. The number of H-pyrrole nitrogens is 2. The second-order valence-electron chi connectivity index (χ2n) is 4.50. The summed E-state index contributed by atoms with van der Waals surface area (Å²) in [6.07, 6.45) is 3.98. The van der Waals surface area contributed by atoms with E-state index in [1.54, 1.807) is 0 Å². The van der Waals surface area contributed by atoms with E-state index in [0.717, 1.165) is 0 Å². The van der Waals surface area contributed by atoms with Crippen LogP contribution in [0.4, 0.5) is 0 Å². The average Bonchev–Trinajstić information content (AvgIpc) is 3.05. The van der Waals surface area contributed by atoms with Gasteiger partial charge in [0.25, 0.3) is 0 Å². The third kappa shape index (κ3) is 1.23. The molecule has 0 radical (unpaired) electrons. The number of hydrogen-bond acceptors (Lipinski definition) is 0. The number of rotatable bonds is 1. The maximum atomic E-state index is 3.52. The number of hydrogen-bond donors (Lipinski definition) is 2. The van der Waals surface area contributed by atoms with Crippen molar-refractivity contribution in [3.05, 3.63) is 60.9 Å². The van der Waals surface area contributed by atoms with Gasteiger partial charge in [0.2, 0.25) is 0 Å². The molecule has 2 heterocycles. The number of nitrogens with one attached hydrogen (secondary N) is 2. The normalized spacial score (nSPS) is 11.3. The minimum absolute atomic E-state index is 1.19. The van der Waals surface area contributed by atoms with Crippen LogP contribution in [0.5, 0.6) is 0 Å². The van der Waals surface area contributed by atoms with E-state index in [0.29, 0.717) is 0 Å². The van der Waals surface area contributed by atoms with Crippen molar-refractivity contribution in [2.75, 3.05) is 0 Å². The van der Waals surface area contributed by atoms with Crippen LogP contribution in [-0.2, 0) is 0 Å². The molecule has 4 rings (SSSR count). The van der Waals surface area contributed by atoms with E-state index in [-0.39, 0.29) is 0 Å². The Bertz CT molecular complexity index is 823. The molecule has 4 aromatic rings. The molecule has 0 fully saturated rings. The summed E-state index contributed by atoms with van der Waals surface area (Å²) >= 11 is 0. The Balaban J connectivity index is 2.17. The lowest BCUT2D eigenvalue weighted by Gasteiger charge is -1.99. The molecule has 0 aliphatic carbocycles. The summed E-state index contributed by atoms with van der Waals surface area (Å²) in [5, 5.41) is 2.56. The van der Waals surface area contributed by atoms with Gasteiger partial charge in [-0.25, -0.2) is 0 Å². The van der Waals surface area contributed by atoms with Crippen molar-refractivity contribution >= 4 is 21.8 Å². The van der Waals surface area contributed by atoms with Gasteiger partial charge < -0.3 is 9.97 Å². The number of aromatic amines is 2. The maximum absolute atomic E-state index is 3.52. The van der Waals surface area contributed by atoms with E-state index in [9.17, 15) is 0 Å². The summed E-state index contributed by atoms with van der Waals surface area (Å²) in [5.74, 6) is 0. The number of benzene rings is 2. The molecule has 2 aromatic carbocycles. The summed E-state index contributed by atoms with van der Waals surface area (Å²) in [6, 6.07) is 17.0. The predicted octanol–water partition coefficient (Wildman–Crippen LogP) is 4.32. The molecule has 0 saturated carbocycles. The Morgan fingerprint density at radius 1 is 0.778 bits per heavy atom. The average molecular weight is 232 g/mol. The van der Waals surface area contributed by atoms with Crippen LogP contribution in [0.25, 0.3) is 32.9 Å². The Kier molecular flexibility index (Phi) is 1.86. The van der Waals surface area contributed by atoms with E-state index in [1.807, 2.05) is 12.4 Å². The first-order valence-corrected chi connectivity index (χ1v) is 6.06. The first-order valence-electron chi connectivity index (χ1n) is 6.06. The molecular formula is C16H12N2. The molecule has 0 saturated heterocycles. The Hall–Kier alpha value is -2.48. The summed E-state index contributed by atoms with van der Waals surface area (Å²) < 4.78 is 0. The fourth-order valence-corrected chi connectivity index (χ4v) is 2.61. The molecule has 2 N–H and O–H groups in total. The quantitative estimate of drug-likeness (QED) is 0.490. The highest BCUT2D eigenvalue weighted by Gasteiger charge is 2.08. The van der Waals surface area contributed by atoms with Gasteiger partial charge in [-0.05, 0) is 12.1 Å². The van der Waals surface area contributed by atoms with Gasteiger partial charge in [0.15, 0.2) is 0 Å². The molecule has 0 aliphatic heterocycles. The van der Waals surface area contributed by atoms with E-state index >= 15 is 0 Å². The van der Waals surface area contributed by atoms with Crippen molar-refractivity contribution in [1.82, 2.24) is 9.97 Å². The van der Waals surface area contributed by atoms with Crippen LogP contribution >= 0.6 is 0 Å². The minimum Gasteiger partial charge on any atom is -0.367 e. The van der Waals surface area contributed by atoms with Gasteiger partial charge in [0.1, 0.15) is 0 Å². The Morgan fingerprint density at radius 3 is 2.56 bits per heavy atom. The number of para-hydroxylation sites is 2. The Morgan fingerprint density at radius 2 is 1.67 bits per heavy atom. The number of fused-ring (bicyclic) bond motifs is 3. The van der Waals surface area contributed by atoms with Gasteiger partial charge in [-0.1, -0.05) is 36.4 Å². The van der Waals surface area contributed by atoms with Crippen molar-refractivity contribution in [2.45, 2.75) is 0 Å². The maximum Gasteiger partial charge on any atom is 0.0545 e. The smallest absolute Gasteiger partial charge is 0.0545 e. The molecule has 0 spiro atoms. The predicted molar refractivity (Wildman–Crippen MR) is 75.6 cm³/mol. The highest BCUT2D eigenvalue weighted by molar-refractivity contribution is 6.11. The number of aromatic nitrogens is 2. The van der Waals surface area contributed by atoms with Gasteiger partial charge >= 0.3 is 0 Å². The molecule has 18 heavy (non-hydrogen) atoms. The molecule has 0 aliphatic rings. The molecule has 86 valence electrons. The van der Waals surface area contributed by atoms with E-state index < -0.39 is 0 Å². The molecule has 0 bridgehead atoms. The molecule has 2 nitrogen and oxygen atoms in total. The lowest BCUT2D eigenvalue weighted by atomic mass is 10.0. The lowest BCUT2D eigenvalue weighted by molar-refractivity contribution is 1.41. The summed E-state index contributed by atoms with van der Waals surface area (Å²) in [6.45, 7) is 0. The molecule has 0 atom stereocenters. The van der Waals surface area contributed by atoms with Gasteiger partial charge in [-0.3, -0.25) is 0 Å². The van der Waals surface area contributed by atoms with Crippen LogP contribution in [-0.4, -0.2) is 9.97 Å². The summed E-state index contributed by atoms with van der Waals surface area (Å²) in [7, 11) is 0. The highest BCUT2D eigenvalue weighted by Crippen LogP contribution is 2.32. The molecule has 0 unspecified atom stereocenters. The Labute approximate surface area is 104 Å². The largest absolute Gasteiger partial charge is 0.367 e. The SMILES string of the molecule is c1ccc2c(c1)[nH]c1c(-c3cc[nH]c3)cccc12. The van der Waals surface area contributed by atoms with Gasteiger partial charge in [-0.2, -0.15) is 0 Å². The van der Waals surface area contributed by atoms with E-state index in [1.165, 1.54) is 32.9 Å². The second-order valence-corrected chi connectivity index (χ2v) is 4.50. The summed E-state index contributed by atoms with van der Waals surface area (Å²) in [4.78, 5) is 6.63. The second kappa shape index (κ2) is 3.50. The fraction of sp³-hybridized carbons (Fsp3) is 0. The lowest BCUT2D eigenvalue weighted by Crippen LogP contribution is -1.76. The molecule has 2 heteroatoms. The van der Waals surface area contributed by atoms with E-state index in [2.05, 4.69) is 58.5 Å². The van der Waals surface area contributed by atoms with Crippen LogP contribution in [0.3, 0.4) is 0 Å². The van der Waals surface area contributed by atoms with E-state index in [4.69, 9.17) is 0 Å². The van der Waals surface area contributed by atoms with Crippen molar-refractivity contribution < 1.29 is 0 Å². The zero-order chi connectivity index (χ0) is 11.9. The van der Waals surface area contributed by atoms with Crippen molar-refractivity contribution in [3.63, 3.8) is 0 Å². The van der Waals surface area contributed by atoms with Crippen LogP contribution in [0.2, 0.25) is 0 Å². The molecule has 2 aromatic heterocycles. The van der Waals surface area contributed by atoms with Crippen LogP contribution in [0, 0.1) is 0 Å². The molecule has 0 amide bonds. The standard InChI is InChI=1S/C16H12N2/c1-2-7-15-13(4-1)14-6-3-5-12(16(14)18-15)11-8-9-17-10-11/h1-10,17-18H. The first-order chi connectivity index (χ1) is 8.93. The topological polar surface area (TPSA) is 31.6 Å². The van der Waals surface area contributed by atoms with Gasteiger partial charge in [-0.15, -0.1) is 0 Å².